The van der Waals surface area contributed by atoms with E-state index in [4.69, 9.17) is 4.84 Å². The van der Waals surface area contributed by atoms with E-state index in [1.165, 1.54) is 6.08 Å². The van der Waals surface area contributed by atoms with Gasteiger partial charge >= 0.3 is 5.97 Å². The molecule has 4 rings (SSSR count). The molecule has 0 saturated carbocycles. The summed E-state index contributed by atoms with van der Waals surface area (Å²) >= 11 is 0. The van der Waals surface area contributed by atoms with Crippen molar-refractivity contribution in [1.29, 1.82) is 0 Å². The van der Waals surface area contributed by atoms with Crippen LogP contribution in [0.2, 0.25) is 0 Å². The van der Waals surface area contributed by atoms with Crippen molar-refractivity contribution in [2.45, 2.75) is 0 Å². The Labute approximate surface area is 130 Å². The molecular formula is C16H11N5O2. The number of benzene rings is 1. The molecule has 7 heteroatoms. The van der Waals surface area contributed by atoms with E-state index in [-0.39, 0.29) is 0 Å². The Morgan fingerprint density at radius 2 is 2.00 bits per heavy atom. The zero-order valence-corrected chi connectivity index (χ0v) is 11.9. The van der Waals surface area contributed by atoms with Crippen LogP contribution >= 0.6 is 0 Å². The minimum atomic E-state index is -0.550. The average molecular weight is 305 g/mol. The Hall–Kier alpha value is -3.48. The van der Waals surface area contributed by atoms with Crippen LogP contribution in [0.3, 0.4) is 0 Å². The highest BCUT2D eigenvalue weighted by molar-refractivity contribution is 5.87. The van der Waals surface area contributed by atoms with E-state index in [1.807, 2.05) is 40.9 Å². The summed E-state index contributed by atoms with van der Waals surface area (Å²) < 4.78 is 1.87. The lowest BCUT2D eigenvalue weighted by atomic mass is 10.3. The first-order chi connectivity index (χ1) is 11.3. The van der Waals surface area contributed by atoms with Gasteiger partial charge in [-0.15, -0.1) is 5.10 Å². The summed E-state index contributed by atoms with van der Waals surface area (Å²) in [7, 11) is 0. The van der Waals surface area contributed by atoms with Crippen molar-refractivity contribution in [3.05, 3.63) is 66.6 Å². The molecule has 3 aromatic heterocycles. The van der Waals surface area contributed by atoms with Crippen molar-refractivity contribution < 1.29 is 9.63 Å². The van der Waals surface area contributed by atoms with Gasteiger partial charge in [-0.1, -0.05) is 23.0 Å². The van der Waals surface area contributed by atoms with Gasteiger partial charge in [0.15, 0.2) is 0 Å². The van der Waals surface area contributed by atoms with Crippen LogP contribution < -0.4 is 4.84 Å². The molecule has 7 nitrogen and oxygen atoms in total. The lowest BCUT2D eigenvalue weighted by Crippen LogP contribution is -2.18. The van der Waals surface area contributed by atoms with Gasteiger partial charge in [-0.3, -0.25) is 0 Å². The van der Waals surface area contributed by atoms with Gasteiger partial charge in [0.1, 0.15) is 16.7 Å². The predicted molar refractivity (Wildman–Crippen MR) is 83.3 cm³/mol. The lowest BCUT2D eigenvalue weighted by Gasteiger charge is -1.99. The highest BCUT2D eigenvalue weighted by Crippen LogP contribution is 2.09. The molecule has 0 spiro atoms. The predicted octanol–water partition coefficient (Wildman–Crippen LogP) is 1.75. The molecule has 23 heavy (non-hydrogen) atoms. The molecule has 0 saturated heterocycles. The van der Waals surface area contributed by atoms with Crippen LogP contribution in [0.1, 0.15) is 5.69 Å². The topological polar surface area (TPSA) is 74.3 Å². The van der Waals surface area contributed by atoms with Crippen molar-refractivity contribution in [2.24, 2.45) is 0 Å². The van der Waals surface area contributed by atoms with E-state index in [9.17, 15) is 4.79 Å². The fraction of sp³-hybridized carbons (Fsp3) is 0. The molecule has 0 N–H and O–H groups in total. The van der Waals surface area contributed by atoms with Crippen LogP contribution in [-0.4, -0.2) is 30.5 Å². The molecule has 1 aromatic carbocycles. The maximum atomic E-state index is 12.0. The largest absolute Gasteiger partial charge is 0.358 e. The minimum absolute atomic E-state index is 0.550. The van der Waals surface area contributed by atoms with Crippen LogP contribution in [0.5, 0.6) is 0 Å². The molecule has 0 amide bonds. The number of aromatic nitrogens is 5. The first-order valence-corrected chi connectivity index (χ1v) is 6.94. The zero-order valence-electron chi connectivity index (χ0n) is 11.9. The van der Waals surface area contributed by atoms with E-state index in [0.717, 1.165) is 16.2 Å². The highest BCUT2D eigenvalue weighted by atomic mass is 16.7. The number of carbonyl (C=O) groups is 1. The van der Waals surface area contributed by atoms with Gasteiger partial charge in [0.2, 0.25) is 0 Å². The zero-order chi connectivity index (χ0) is 15.6. The number of carbonyl (C=O) groups excluding carboxylic acids is 1. The third-order valence-electron chi connectivity index (χ3n) is 3.33. The fourth-order valence-corrected chi connectivity index (χ4v) is 2.26. The normalized spacial score (nSPS) is 11.5. The number of para-hydroxylation sites is 1. The molecule has 0 unspecified atom stereocenters. The van der Waals surface area contributed by atoms with Crippen molar-refractivity contribution in [3.63, 3.8) is 0 Å². The van der Waals surface area contributed by atoms with Crippen LogP contribution in [0, 0.1) is 0 Å². The summed E-state index contributed by atoms with van der Waals surface area (Å²) in [5.74, 6) is -0.550. The summed E-state index contributed by atoms with van der Waals surface area (Å²) in [5, 5.41) is 7.72. The first kappa shape index (κ1) is 13.2. The fourth-order valence-electron chi connectivity index (χ4n) is 2.26. The number of pyridine rings is 1. The maximum Gasteiger partial charge on any atom is 0.358 e. The molecule has 0 aliphatic heterocycles. The standard InChI is InChI=1S/C16H11N5O2/c22-16(23-21-14-6-2-1-5-13(14)18-19-21)9-8-12-11-17-15-7-3-4-10-20(12)15/h1-11H/b9-8+. The molecule has 0 aliphatic rings. The molecular weight excluding hydrogens is 294 g/mol. The maximum absolute atomic E-state index is 12.0. The van der Waals surface area contributed by atoms with E-state index >= 15 is 0 Å². The Morgan fingerprint density at radius 3 is 2.96 bits per heavy atom. The number of nitrogens with zero attached hydrogens (tertiary/aromatic N) is 5. The first-order valence-electron chi connectivity index (χ1n) is 6.94. The molecule has 4 aromatic rings. The molecule has 0 aliphatic carbocycles. The molecule has 0 atom stereocenters. The van der Waals surface area contributed by atoms with Gasteiger partial charge in [-0.25, -0.2) is 9.78 Å². The van der Waals surface area contributed by atoms with Crippen LogP contribution in [0.15, 0.2) is 60.9 Å². The SMILES string of the molecule is O=C(/C=C/c1cnc2ccccn12)On1nnc2ccccc21. The average Bonchev–Trinajstić information content (AvgIpc) is 3.18. The van der Waals surface area contributed by atoms with Gasteiger partial charge in [0, 0.05) is 12.3 Å². The molecule has 3 heterocycles. The Kier molecular flexibility index (Phi) is 3.09. The van der Waals surface area contributed by atoms with Gasteiger partial charge in [-0.2, -0.15) is 0 Å². The van der Waals surface area contributed by atoms with E-state index in [2.05, 4.69) is 15.3 Å². The Morgan fingerprint density at radius 1 is 1.13 bits per heavy atom. The number of hydrogen-bond acceptors (Lipinski definition) is 5. The monoisotopic (exact) mass is 305 g/mol. The number of hydrogen-bond donors (Lipinski definition) is 0. The molecule has 0 fully saturated rings. The summed E-state index contributed by atoms with van der Waals surface area (Å²) in [6, 6.07) is 12.9. The van der Waals surface area contributed by atoms with E-state index < -0.39 is 5.97 Å². The third-order valence-corrected chi connectivity index (χ3v) is 3.33. The highest BCUT2D eigenvalue weighted by Gasteiger charge is 2.07. The van der Waals surface area contributed by atoms with Gasteiger partial charge in [0.25, 0.3) is 0 Å². The van der Waals surface area contributed by atoms with Crippen molar-refractivity contribution in [3.8, 4) is 0 Å². The third kappa shape index (κ3) is 2.44. The summed E-state index contributed by atoms with van der Waals surface area (Å²) in [6.45, 7) is 0. The van der Waals surface area contributed by atoms with Gasteiger partial charge in [0.05, 0.1) is 11.9 Å². The smallest absolute Gasteiger partial charge is 0.312 e. The second-order valence-corrected chi connectivity index (χ2v) is 4.81. The molecule has 112 valence electrons. The van der Waals surface area contributed by atoms with Crippen molar-refractivity contribution in [1.82, 2.24) is 24.5 Å². The Balaban J connectivity index is 1.56. The van der Waals surface area contributed by atoms with Crippen molar-refractivity contribution in [2.75, 3.05) is 0 Å². The van der Waals surface area contributed by atoms with Crippen LogP contribution in [0.4, 0.5) is 0 Å². The van der Waals surface area contributed by atoms with E-state index in [0.29, 0.717) is 11.0 Å². The summed E-state index contributed by atoms with van der Waals surface area (Å²) in [6.07, 6.45) is 6.52. The lowest BCUT2D eigenvalue weighted by molar-refractivity contribution is -0.139. The second-order valence-electron chi connectivity index (χ2n) is 4.81. The molecule has 0 bridgehead atoms. The quantitative estimate of drug-likeness (QED) is 0.426. The van der Waals surface area contributed by atoms with Gasteiger partial charge in [-0.05, 0) is 35.6 Å². The summed E-state index contributed by atoms with van der Waals surface area (Å²) in [5.41, 5.74) is 2.87. The van der Waals surface area contributed by atoms with Crippen LogP contribution in [0.25, 0.3) is 22.8 Å². The van der Waals surface area contributed by atoms with E-state index in [1.54, 1.807) is 24.4 Å². The minimum Gasteiger partial charge on any atom is -0.312 e. The van der Waals surface area contributed by atoms with Gasteiger partial charge < -0.3 is 9.24 Å². The Bertz CT molecular complexity index is 1030. The van der Waals surface area contributed by atoms with Crippen LogP contribution in [-0.2, 0) is 4.79 Å². The number of rotatable bonds is 3. The second kappa shape index (κ2) is 5.38. The number of imidazole rings is 1. The molecule has 0 radical (unpaired) electrons. The number of fused-ring (bicyclic) bond motifs is 2. The summed E-state index contributed by atoms with van der Waals surface area (Å²) in [4.78, 5) is 22.5. The van der Waals surface area contributed by atoms with Crippen molar-refractivity contribution >= 4 is 28.7 Å².